The van der Waals surface area contributed by atoms with Crippen LogP contribution in [0.3, 0.4) is 0 Å². The summed E-state index contributed by atoms with van der Waals surface area (Å²) in [4.78, 5) is 8.91. The summed E-state index contributed by atoms with van der Waals surface area (Å²) in [5.74, 6) is 0.653. The van der Waals surface area contributed by atoms with E-state index in [1.54, 1.807) is 42.1 Å². The second kappa shape index (κ2) is 6.51. The van der Waals surface area contributed by atoms with Crippen LogP contribution < -0.4 is 5.32 Å². The summed E-state index contributed by atoms with van der Waals surface area (Å²) >= 11 is 0. The molecule has 5 nitrogen and oxygen atoms in total. The molecule has 0 bridgehead atoms. The average molecular weight is 351 g/mol. The van der Waals surface area contributed by atoms with Crippen LogP contribution in [0.25, 0.3) is 16.7 Å². The molecule has 0 radical (unpaired) electrons. The van der Waals surface area contributed by atoms with Crippen LogP contribution in [0.4, 0.5) is 14.6 Å². The van der Waals surface area contributed by atoms with Crippen molar-refractivity contribution in [3.05, 3.63) is 77.8 Å². The fourth-order valence-corrected chi connectivity index (χ4v) is 2.71. The number of rotatable bonds is 4. The standard InChI is InChI=1S/C19H15F2N5/c1-12-24-18(22-10-13-2-4-14(20)5-3-13)17-11-23-26(19(17)25-12)16-8-6-15(21)7-9-16/h2-9,11H,10H2,1H3,(H,22,24,25). The van der Waals surface area contributed by atoms with Crippen LogP contribution in [-0.2, 0) is 6.54 Å². The molecule has 1 N–H and O–H groups in total. The van der Waals surface area contributed by atoms with E-state index < -0.39 is 0 Å². The second-order valence-electron chi connectivity index (χ2n) is 5.87. The van der Waals surface area contributed by atoms with Crippen molar-refractivity contribution in [2.75, 3.05) is 5.32 Å². The minimum Gasteiger partial charge on any atom is -0.365 e. The Kier molecular flexibility index (Phi) is 4.04. The van der Waals surface area contributed by atoms with Gasteiger partial charge in [-0.25, -0.2) is 23.4 Å². The van der Waals surface area contributed by atoms with Crippen LogP contribution in [0, 0.1) is 18.6 Å². The topological polar surface area (TPSA) is 55.6 Å². The van der Waals surface area contributed by atoms with Crippen molar-refractivity contribution in [3.63, 3.8) is 0 Å². The molecule has 0 aliphatic carbocycles. The number of nitrogens with zero attached hydrogens (tertiary/aromatic N) is 4. The molecule has 4 rings (SSSR count). The molecule has 0 spiro atoms. The van der Waals surface area contributed by atoms with Crippen LogP contribution in [-0.4, -0.2) is 19.7 Å². The third kappa shape index (κ3) is 3.11. The first kappa shape index (κ1) is 16.1. The Labute approximate surface area is 148 Å². The molecule has 0 atom stereocenters. The fraction of sp³-hybridized carbons (Fsp3) is 0.105. The zero-order chi connectivity index (χ0) is 18.1. The average Bonchev–Trinajstić information content (AvgIpc) is 3.05. The Hall–Kier alpha value is -3.35. The summed E-state index contributed by atoms with van der Waals surface area (Å²) in [6, 6.07) is 12.3. The molecule has 7 heteroatoms. The second-order valence-corrected chi connectivity index (χ2v) is 5.87. The van der Waals surface area contributed by atoms with Crippen molar-refractivity contribution < 1.29 is 8.78 Å². The van der Waals surface area contributed by atoms with Crippen molar-refractivity contribution in [1.29, 1.82) is 0 Å². The summed E-state index contributed by atoms with van der Waals surface area (Å²) in [5.41, 5.74) is 2.27. The Morgan fingerprint density at radius 2 is 1.58 bits per heavy atom. The van der Waals surface area contributed by atoms with Crippen molar-refractivity contribution >= 4 is 16.9 Å². The molecule has 0 aliphatic heterocycles. The van der Waals surface area contributed by atoms with E-state index in [0.29, 0.717) is 29.5 Å². The van der Waals surface area contributed by atoms with Gasteiger partial charge in [-0.2, -0.15) is 5.10 Å². The van der Waals surface area contributed by atoms with E-state index in [1.165, 1.54) is 24.3 Å². The maximum absolute atomic E-state index is 13.2. The summed E-state index contributed by atoms with van der Waals surface area (Å²) in [5, 5.41) is 8.37. The van der Waals surface area contributed by atoms with Gasteiger partial charge >= 0.3 is 0 Å². The molecule has 26 heavy (non-hydrogen) atoms. The zero-order valence-corrected chi connectivity index (χ0v) is 13.9. The predicted molar refractivity (Wildman–Crippen MR) is 95.1 cm³/mol. The highest BCUT2D eigenvalue weighted by Crippen LogP contribution is 2.23. The number of halogens is 2. The molecule has 2 aromatic carbocycles. The molecule has 4 aromatic rings. The molecule has 0 unspecified atom stereocenters. The number of anilines is 1. The van der Waals surface area contributed by atoms with Crippen molar-refractivity contribution in [2.45, 2.75) is 13.5 Å². The first-order valence-electron chi connectivity index (χ1n) is 8.07. The quantitative estimate of drug-likeness (QED) is 0.603. The molecule has 130 valence electrons. The molecule has 2 aromatic heterocycles. The van der Waals surface area contributed by atoms with E-state index >= 15 is 0 Å². The molecule has 0 saturated heterocycles. The van der Waals surface area contributed by atoms with Crippen molar-refractivity contribution in [2.24, 2.45) is 0 Å². The van der Waals surface area contributed by atoms with Crippen LogP contribution in [0.15, 0.2) is 54.7 Å². The van der Waals surface area contributed by atoms with Crippen LogP contribution >= 0.6 is 0 Å². The van der Waals surface area contributed by atoms with E-state index in [1.807, 2.05) is 0 Å². The number of fused-ring (bicyclic) bond motifs is 1. The fourth-order valence-electron chi connectivity index (χ4n) is 2.71. The van der Waals surface area contributed by atoms with Gasteiger partial charge in [0.05, 0.1) is 17.3 Å². The third-order valence-corrected chi connectivity index (χ3v) is 3.98. The lowest BCUT2D eigenvalue weighted by atomic mass is 10.2. The molecule has 2 heterocycles. The summed E-state index contributed by atoms with van der Waals surface area (Å²) < 4.78 is 27.8. The molecule has 0 fully saturated rings. The summed E-state index contributed by atoms with van der Waals surface area (Å²) in [6.45, 7) is 2.29. The van der Waals surface area contributed by atoms with Gasteiger partial charge in [-0.1, -0.05) is 12.1 Å². The van der Waals surface area contributed by atoms with Gasteiger partial charge in [0.1, 0.15) is 23.3 Å². The van der Waals surface area contributed by atoms with E-state index in [0.717, 1.165) is 10.9 Å². The Morgan fingerprint density at radius 3 is 2.27 bits per heavy atom. The number of benzene rings is 2. The van der Waals surface area contributed by atoms with Gasteiger partial charge in [0, 0.05) is 6.54 Å². The van der Waals surface area contributed by atoms with Gasteiger partial charge in [-0.3, -0.25) is 0 Å². The lowest BCUT2D eigenvalue weighted by molar-refractivity contribution is 0.626. The zero-order valence-electron chi connectivity index (χ0n) is 13.9. The summed E-state index contributed by atoms with van der Waals surface area (Å²) in [6.07, 6.45) is 1.67. The Morgan fingerprint density at radius 1 is 0.923 bits per heavy atom. The number of aromatic nitrogens is 4. The number of nitrogens with one attached hydrogen (secondary N) is 1. The smallest absolute Gasteiger partial charge is 0.168 e. The SMILES string of the molecule is Cc1nc(NCc2ccc(F)cc2)c2cnn(-c3ccc(F)cc3)c2n1. The van der Waals surface area contributed by atoms with Gasteiger partial charge in [0.25, 0.3) is 0 Å². The Bertz CT molecular complexity index is 1060. The van der Waals surface area contributed by atoms with Crippen LogP contribution in [0.1, 0.15) is 11.4 Å². The van der Waals surface area contributed by atoms with Crippen molar-refractivity contribution in [3.8, 4) is 5.69 Å². The van der Waals surface area contributed by atoms with E-state index in [2.05, 4.69) is 20.4 Å². The van der Waals surface area contributed by atoms with Gasteiger partial charge < -0.3 is 5.32 Å². The first-order chi connectivity index (χ1) is 12.6. The van der Waals surface area contributed by atoms with E-state index in [9.17, 15) is 8.78 Å². The van der Waals surface area contributed by atoms with E-state index in [-0.39, 0.29) is 11.6 Å². The van der Waals surface area contributed by atoms with Gasteiger partial charge in [-0.15, -0.1) is 0 Å². The Balaban J connectivity index is 1.69. The highest BCUT2D eigenvalue weighted by molar-refractivity contribution is 5.87. The number of hydrogen-bond donors (Lipinski definition) is 1. The molecule has 0 saturated carbocycles. The maximum Gasteiger partial charge on any atom is 0.168 e. The molecule has 0 amide bonds. The highest BCUT2D eigenvalue weighted by atomic mass is 19.1. The first-order valence-corrected chi connectivity index (χ1v) is 8.07. The maximum atomic E-state index is 13.2. The van der Waals surface area contributed by atoms with Crippen molar-refractivity contribution in [1.82, 2.24) is 19.7 Å². The minimum atomic E-state index is -0.308. The number of hydrogen-bond acceptors (Lipinski definition) is 4. The van der Waals surface area contributed by atoms with Crippen LogP contribution in [0.5, 0.6) is 0 Å². The summed E-state index contributed by atoms with van der Waals surface area (Å²) in [7, 11) is 0. The highest BCUT2D eigenvalue weighted by Gasteiger charge is 2.13. The molecule has 0 aliphatic rings. The van der Waals surface area contributed by atoms with Gasteiger partial charge in [0.15, 0.2) is 5.65 Å². The normalized spacial score (nSPS) is 11.0. The minimum absolute atomic E-state index is 0.269. The predicted octanol–water partition coefficient (Wildman–Crippen LogP) is 4.01. The van der Waals surface area contributed by atoms with Gasteiger partial charge in [0.2, 0.25) is 0 Å². The van der Waals surface area contributed by atoms with E-state index in [4.69, 9.17) is 0 Å². The molecular formula is C19H15F2N5. The van der Waals surface area contributed by atoms with Gasteiger partial charge in [-0.05, 0) is 48.9 Å². The third-order valence-electron chi connectivity index (χ3n) is 3.98. The molecular weight excluding hydrogens is 336 g/mol. The lowest BCUT2D eigenvalue weighted by Gasteiger charge is -2.09. The van der Waals surface area contributed by atoms with Crippen LogP contribution in [0.2, 0.25) is 0 Å². The number of aryl methyl sites for hydroxylation is 1. The monoisotopic (exact) mass is 351 g/mol. The lowest BCUT2D eigenvalue weighted by Crippen LogP contribution is -2.05. The largest absolute Gasteiger partial charge is 0.365 e.